The summed E-state index contributed by atoms with van der Waals surface area (Å²) in [6.07, 6.45) is -4.58. The number of phenolic OH excluding ortho intramolecular Hbond substituents is 1. The van der Waals surface area contributed by atoms with Gasteiger partial charge in [0.05, 0.1) is 16.1 Å². The molecular formula is C14H7ClF4O2. The first-order valence-corrected chi connectivity index (χ1v) is 5.97. The number of hydrogen-bond acceptors (Lipinski definition) is 2. The topological polar surface area (TPSA) is 37.3 Å². The summed E-state index contributed by atoms with van der Waals surface area (Å²) in [5.74, 6) is -1.45. The molecule has 0 radical (unpaired) electrons. The Kier molecular flexibility index (Phi) is 3.91. The molecule has 21 heavy (non-hydrogen) atoms. The van der Waals surface area contributed by atoms with Crippen molar-refractivity contribution in [3.05, 3.63) is 52.3 Å². The summed E-state index contributed by atoms with van der Waals surface area (Å²) in [5, 5.41) is 9.19. The highest BCUT2D eigenvalue weighted by molar-refractivity contribution is 6.31. The second-order valence-corrected chi connectivity index (χ2v) is 4.57. The van der Waals surface area contributed by atoms with Gasteiger partial charge in [-0.25, -0.2) is 4.39 Å². The zero-order valence-electron chi connectivity index (χ0n) is 10.2. The zero-order chi connectivity index (χ0) is 15.8. The fourth-order valence-corrected chi connectivity index (χ4v) is 2.12. The van der Waals surface area contributed by atoms with Gasteiger partial charge in [0, 0.05) is 5.56 Å². The first-order valence-electron chi connectivity index (χ1n) is 5.59. The van der Waals surface area contributed by atoms with Gasteiger partial charge < -0.3 is 5.11 Å². The van der Waals surface area contributed by atoms with Crippen LogP contribution in [0.1, 0.15) is 15.9 Å². The van der Waals surface area contributed by atoms with Crippen LogP contribution in [0.4, 0.5) is 17.6 Å². The second-order valence-electron chi connectivity index (χ2n) is 4.17. The standard InChI is InChI=1S/C14H7ClF4O2/c15-10-2-1-7(5-9(10)14(17,18)19)13-8(6-20)11(16)3-4-12(13)21/h1-6,21H. The molecule has 0 aromatic heterocycles. The lowest BCUT2D eigenvalue weighted by atomic mass is 9.97. The number of carbonyl (C=O) groups is 1. The number of alkyl halides is 3. The molecule has 0 aliphatic rings. The van der Waals surface area contributed by atoms with Crippen LogP contribution < -0.4 is 0 Å². The predicted molar refractivity (Wildman–Crippen MR) is 68.9 cm³/mol. The van der Waals surface area contributed by atoms with Crippen LogP contribution in [0.5, 0.6) is 5.75 Å². The number of hydrogen-bond donors (Lipinski definition) is 1. The van der Waals surface area contributed by atoms with Crippen LogP contribution in [0.3, 0.4) is 0 Å². The molecular weight excluding hydrogens is 312 g/mol. The quantitative estimate of drug-likeness (QED) is 0.644. The van der Waals surface area contributed by atoms with Crippen molar-refractivity contribution in [2.24, 2.45) is 0 Å². The van der Waals surface area contributed by atoms with Gasteiger partial charge >= 0.3 is 6.18 Å². The Labute approximate surface area is 121 Å². The minimum Gasteiger partial charge on any atom is -0.507 e. The highest BCUT2D eigenvalue weighted by Gasteiger charge is 2.33. The lowest BCUT2D eigenvalue weighted by Crippen LogP contribution is -2.06. The average molecular weight is 319 g/mol. The van der Waals surface area contributed by atoms with Crippen LogP contribution in [0.25, 0.3) is 11.1 Å². The average Bonchev–Trinajstić information content (AvgIpc) is 2.40. The van der Waals surface area contributed by atoms with E-state index in [0.717, 1.165) is 18.2 Å². The maximum absolute atomic E-state index is 13.5. The number of halogens is 5. The molecule has 1 N–H and O–H groups in total. The van der Waals surface area contributed by atoms with Crippen LogP contribution in [0.2, 0.25) is 5.02 Å². The van der Waals surface area contributed by atoms with Gasteiger partial charge in [-0.3, -0.25) is 4.79 Å². The van der Waals surface area contributed by atoms with Gasteiger partial charge in [0.1, 0.15) is 11.6 Å². The van der Waals surface area contributed by atoms with Crippen LogP contribution >= 0.6 is 11.6 Å². The molecule has 7 heteroatoms. The smallest absolute Gasteiger partial charge is 0.417 e. The molecule has 2 aromatic carbocycles. The van der Waals surface area contributed by atoms with Crippen molar-refractivity contribution in [3.8, 4) is 16.9 Å². The molecule has 110 valence electrons. The predicted octanol–water partition coefficient (Wildman–Crippen LogP) is 4.68. The number of aldehydes is 1. The van der Waals surface area contributed by atoms with Gasteiger partial charge in [0.25, 0.3) is 0 Å². The molecule has 0 aliphatic heterocycles. The summed E-state index contributed by atoms with van der Waals surface area (Å²) in [7, 11) is 0. The van der Waals surface area contributed by atoms with E-state index in [-0.39, 0.29) is 17.4 Å². The van der Waals surface area contributed by atoms with Crippen molar-refractivity contribution >= 4 is 17.9 Å². The summed E-state index contributed by atoms with van der Waals surface area (Å²) in [6.45, 7) is 0. The molecule has 0 aliphatic carbocycles. The Balaban J connectivity index is 2.75. The van der Waals surface area contributed by atoms with E-state index in [1.165, 1.54) is 6.07 Å². The van der Waals surface area contributed by atoms with E-state index >= 15 is 0 Å². The third-order valence-electron chi connectivity index (χ3n) is 2.85. The highest BCUT2D eigenvalue weighted by atomic mass is 35.5. The molecule has 0 amide bonds. The molecule has 0 saturated carbocycles. The number of rotatable bonds is 2. The largest absolute Gasteiger partial charge is 0.507 e. The van der Waals surface area contributed by atoms with Gasteiger partial charge in [0.15, 0.2) is 6.29 Å². The Morgan fingerprint density at radius 2 is 1.81 bits per heavy atom. The fraction of sp³-hybridized carbons (Fsp3) is 0.0714. The SMILES string of the molecule is O=Cc1c(F)ccc(O)c1-c1ccc(Cl)c(C(F)(F)F)c1. The number of phenols is 1. The van der Waals surface area contributed by atoms with Crippen LogP contribution in [-0.4, -0.2) is 11.4 Å². The maximum atomic E-state index is 13.5. The normalized spacial score (nSPS) is 11.5. The first-order chi connectivity index (χ1) is 9.75. The molecule has 0 unspecified atom stereocenters. The summed E-state index contributed by atoms with van der Waals surface area (Å²) in [4.78, 5) is 10.9. The Hall–Kier alpha value is -2.08. The van der Waals surface area contributed by atoms with Gasteiger partial charge in [-0.05, 0) is 29.8 Å². The maximum Gasteiger partial charge on any atom is 0.417 e. The monoisotopic (exact) mass is 318 g/mol. The van der Waals surface area contributed by atoms with Crippen LogP contribution in [0, 0.1) is 5.82 Å². The van der Waals surface area contributed by atoms with E-state index in [0.29, 0.717) is 6.07 Å². The molecule has 0 saturated heterocycles. The van der Waals surface area contributed by atoms with Gasteiger partial charge in [-0.1, -0.05) is 17.7 Å². The van der Waals surface area contributed by atoms with E-state index in [1.807, 2.05) is 0 Å². The first kappa shape index (κ1) is 15.3. The van der Waals surface area contributed by atoms with E-state index in [2.05, 4.69) is 0 Å². The number of benzene rings is 2. The van der Waals surface area contributed by atoms with Gasteiger partial charge in [-0.2, -0.15) is 13.2 Å². The fourth-order valence-electron chi connectivity index (χ4n) is 1.90. The van der Waals surface area contributed by atoms with Crippen molar-refractivity contribution in [2.75, 3.05) is 0 Å². The Morgan fingerprint density at radius 3 is 2.38 bits per heavy atom. The van der Waals surface area contributed by atoms with Gasteiger partial charge in [0.2, 0.25) is 0 Å². The van der Waals surface area contributed by atoms with Crippen molar-refractivity contribution in [1.82, 2.24) is 0 Å². The summed E-state index contributed by atoms with van der Waals surface area (Å²) < 4.78 is 52.0. The lowest BCUT2D eigenvalue weighted by Gasteiger charge is -2.13. The second kappa shape index (κ2) is 5.37. The third-order valence-corrected chi connectivity index (χ3v) is 3.18. The molecule has 2 rings (SSSR count). The lowest BCUT2D eigenvalue weighted by molar-refractivity contribution is -0.137. The van der Waals surface area contributed by atoms with Gasteiger partial charge in [-0.15, -0.1) is 0 Å². The molecule has 0 bridgehead atoms. The molecule has 0 spiro atoms. The van der Waals surface area contributed by atoms with E-state index < -0.39 is 33.9 Å². The van der Waals surface area contributed by atoms with Crippen molar-refractivity contribution in [1.29, 1.82) is 0 Å². The summed E-state index contributed by atoms with van der Waals surface area (Å²) in [5.41, 5.74) is -2.13. The van der Waals surface area contributed by atoms with E-state index in [4.69, 9.17) is 11.6 Å². The molecule has 2 aromatic rings. The van der Waals surface area contributed by atoms with Crippen LogP contribution in [-0.2, 0) is 6.18 Å². The highest BCUT2D eigenvalue weighted by Crippen LogP contribution is 2.40. The summed E-state index contributed by atoms with van der Waals surface area (Å²) >= 11 is 5.49. The van der Waals surface area contributed by atoms with Crippen molar-refractivity contribution in [3.63, 3.8) is 0 Å². The Morgan fingerprint density at radius 1 is 1.14 bits per heavy atom. The van der Waals surface area contributed by atoms with Crippen LogP contribution in [0.15, 0.2) is 30.3 Å². The molecule has 0 fully saturated rings. The number of carbonyl (C=O) groups excluding carboxylic acids is 1. The molecule has 0 atom stereocenters. The minimum absolute atomic E-state index is 0.131. The van der Waals surface area contributed by atoms with E-state index in [9.17, 15) is 27.5 Å². The van der Waals surface area contributed by atoms with Crippen molar-refractivity contribution in [2.45, 2.75) is 6.18 Å². The summed E-state index contributed by atoms with van der Waals surface area (Å²) in [6, 6.07) is 4.60. The number of aromatic hydroxyl groups is 1. The molecule has 2 nitrogen and oxygen atoms in total. The Bertz CT molecular complexity index is 711. The van der Waals surface area contributed by atoms with E-state index in [1.54, 1.807) is 0 Å². The van der Waals surface area contributed by atoms with Crippen molar-refractivity contribution < 1.29 is 27.5 Å². The molecule has 0 heterocycles. The zero-order valence-corrected chi connectivity index (χ0v) is 11.0. The third kappa shape index (κ3) is 2.85. The minimum atomic E-state index is -4.71.